The summed E-state index contributed by atoms with van der Waals surface area (Å²) in [4.78, 5) is 11.6. The first-order valence-electron chi connectivity index (χ1n) is 7.07. The number of urea groups is 1. The molecule has 1 aliphatic rings. The molecule has 0 radical (unpaired) electrons. The van der Waals surface area contributed by atoms with Crippen molar-refractivity contribution in [3.8, 4) is 0 Å². The minimum absolute atomic E-state index is 0.0562. The Bertz CT molecular complexity index is 657. The van der Waals surface area contributed by atoms with Crippen LogP contribution in [0.5, 0.6) is 0 Å². The third-order valence-corrected chi connectivity index (χ3v) is 5.32. The van der Waals surface area contributed by atoms with Gasteiger partial charge in [-0.25, -0.2) is 13.2 Å². The van der Waals surface area contributed by atoms with Gasteiger partial charge >= 0.3 is 12.2 Å². The van der Waals surface area contributed by atoms with Gasteiger partial charge in [0, 0.05) is 12.6 Å². The number of rotatable bonds is 4. The van der Waals surface area contributed by atoms with Gasteiger partial charge in [-0.05, 0) is 30.5 Å². The molecule has 1 heterocycles. The number of hydrogen-bond donors (Lipinski definition) is 2. The van der Waals surface area contributed by atoms with Crippen LogP contribution in [0.1, 0.15) is 17.5 Å². The van der Waals surface area contributed by atoms with Crippen molar-refractivity contribution in [3.63, 3.8) is 0 Å². The van der Waals surface area contributed by atoms with Crippen LogP contribution >= 0.6 is 0 Å². The van der Waals surface area contributed by atoms with Crippen LogP contribution in [-0.2, 0) is 22.4 Å². The molecule has 2 amide bonds. The summed E-state index contributed by atoms with van der Waals surface area (Å²) in [5, 5.41) is 5.13. The monoisotopic (exact) mass is 350 g/mol. The summed E-state index contributed by atoms with van der Waals surface area (Å²) >= 11 is 0. The maximum Gasteiger partial charge on any atom is 0.416 e. The first-order chi connectivity index (χ1) is 10.7. The summed E-state index contributed by atoms with van der Waals surface area (Å²) in [5.74, 6) is 0.0167. The first kappa shape index (κ1) is 17.6. The molecule has 128 valence electrons. The second kappa shape index (κ2) is 6.77. The van der Waals surface area contributed by atoms with E-state index in [1.807, 2.05) is 0 Å². The van der Waals surface area contributed by atoms with E-state index >= 15 is 0 Å². The maximum atomic E-state index is 12.4. The quantitative estimate of drug-likeness (QED) is 0.868. The number of nitrogens with one attached hydrogen (secondary N) is 2. The highest BCUT2D eigenvalue weighted by molar-refractivity contribution is 7.91. The molecular weight excluding hydrogens is 333 g/mol. The van der Waals surface area contributed by atoms with E-state index in [0.717, 1.165) is 12.1 Å². The Morgan fingerprint density at radius 3 is 2.39 bits per heavy atom. The standard InChI is InChI=1S/C14H17F3N2O3S/c15-14(16,17)11-3-1-10(2-4-11)5-7-18-13(20)19-12-6-8-23(21,22)9-12/h1-4,12H,5-9H2,(H2,18,19,20). The number of carbonyl (C=O) groups excluding carboxylic acids is 1. The van der Waals surface area contributed by atoms with E-state index in [2.05, 4.69) is 10.6 Å². The molecule has 1 aliphatic heterocycles. The molecule has 1 aromatic rings. The Hall–Kier alpha value is -1.77. The van der Waals surface area contributed by atoms with E-state index < -0.39 is 27.6 Å². The van der Waals surface area contributed by atoms with Crippen LogP contribution in [0.15, 0.2) is 24.3 Å². The Kier molecular flexibility index (Phi) is 5.18. The Morgan fingerprint density at radius 1 is 1.22 bits per heavy atom. The Morgan fingerprint density at radius 2 is 1.87 bits per heavy atom. The summed E-state index contributed by atoms with van der Waals surface area (Å²) in [5.41, 5.74) is -0.0452. The van der Waals surface area contributed by atoms with Gasteiger partial charge in [-0.1, -0.05) is 12.1 Å². The van der Waals surface area contributed by atoms with Gasteiger partial charge in [0.15, 0.2) is 9.84 Å². The molecule has 1 atom stereocenters. The number of hydrogen-bond acceptors (Lipinski definition) is 3. The van der Waals surface area contributed by atoms with Crippen LogP contribution in [0.2, 0.25) is 0 Å². The molecule has 1 saturated heterocycles. The van der Waals surface area contributed by atoms with Crippen molar-refractivity contribution in [1.82, 2.24) is 10.6 Å². The maximum absolute atomic E-state index is 12.4. The zero-order valence-corrected chi connectivity index (χ0v) is 13.0. The number of benzene rings is 1. The lowest BCUT2D eigenvalue weighted by Crippen LogP contribution is -2.43. The van der Waals surface area contributed by atoms with Crippen LogP contribution in [0.3, 0.4) is 0 Å². The highest BCUT2D eigenvalue weighted by Gasteiger charge is 2.30. The molecule has 0 saturated carbocycles. The highest BCUT2D eigenvalue weighted by Crippen LogP contribution is 2.29. The molecule has 2 rings (SSSR count). The van der Waals surface area contributed by atoms with Crippen molar-refractivity contribution < 1.29 is 26.4 Å². The largest absolute Gasteiger partial charge is 0.416 e. The van der Waals surface area contributed by atoms with E-state index in [0.29, 0.717) is 18.4 Å². The molecule has 1 fully saturated rings. The third-order valence-electron chi connectivity index (χ3n) is 3.55. The van der Waals surface area contributed by atoms with Crippen molar-refractivity contribution in [3.05, 3.63) is 35.4 Å². The van der Waals surface area contributed by atoms with Crippen molar-refractivity contribution in [2.24, 2.45) is 0 Å². The first-order valence-corrected chi connectivity index (χ1v) is 8.89. The zero-order valence-electron chi connectivity index (χ0n) is 12.2. The van der Waals surface area contributed by atoms with E-state index in [9.17, 15) is 26.4 Å². The summed E-state index contributed by atoms with van der Waals surface area (Å²) in [6, 6.07) is 3.88. The fourth-order valence-corrected chi connectivity index (χ4v) is 4.00. The second-order valence-electron chi connectivity index (χ2n) is 5.44. The molecule has 2 N–H and O–H groups in total. The molecule has 1 unspecified atom stereocenters. The lowest BCUT2D eigenvalue weighted by atomic mass is 10.1. The fourth-order valence-electron chi connectivity index (χ4n) is 2.33. The predicted molar refractivity (Wildman–Crippen MR) is 78.7 cm³/mol. The molecule has 9 heteroatoms. The van der Waals surface area contributed by atoms with Crippen LogP contribution in [0.4, 0.5) is 18.0 Å². The van der Waals surface area contributed by atoms with E-state index in [1.165, 1.54) is 12.1 Å². The molecule has 0 aliphatic carbocycles. The average Bonchev–Trinajstić information content (AvgIpc) is 2.77. The number of halogens is 3. The van der Waals surface area contributed by atoms with Crippen molar-refractivity contribution in [2.45, 2.75) is 25.1 Å². The zero-order chi connectivity index (χ0) is 17.1. The predicted octanol–water partition coefficient (Wildman–Crippen LogP) is 1.73. The van der Waals surface area contributed by atoms with Crippen LogP contribution < -0.4 is 10.6 Å². The van der Waals surface area contributed by atoms with Gasteiger partial charge in [-0.15, -0.1) is 0 Å². The van der Waals surface area contributed by atoms with E-state index in [1.54, 1.807) is 0 Å². The molecule has 0 aromatic heterocycles. The van der Waals surface area contributed by atoms with Gasteiger partial charge in [0.05, 0.1) is 17.1 Å². The van der Waals surface area contributed by atoms with Crippen LogP contribution in [-0.4, -0.2) is 38.5 Å². The third kappa shape index (κ3) is 5.42. The van der Waals surface area contributed by atoms with Gasteiger partial charge in [0.2, 0.25) is 0 Å². The van der Waals surface area contributed by atoms with Crippen LogP contribution in [0, 0.1) is 0 Å². The molecule has 5 nitrogen and oxygen atoms in total. The molecule has 1 aromatic carbocycles. The van der Waals surface area contributed by atoms with E-state index in [-0.39, 0.29) is 24.1 Å². The lowest BCUT2D eigenvalue weighted by Gasteiger charge is -2.12. The fraction of sp³-hybridized carbons (Fsp3) is 0.500. The van der Waals surface area contributed by atoms with E-state index in [4.69, 9.17) is 0 Å². The number of alkyl halides is 3. The normalized spacial score (nSPS) is 20.2. The van der Waals surface area contributed by atoms with Gasteiger partial charge in [-0.2, -0.15) is 13.2 Å². The van der Waals surface area contributed by atoms with Crippen molar-refractivity contribution in [2.75, 3.05) is 18.1 Å². The highest BCUT2D eigenvalue weighted by atomic mass is 32.2. The number of sulfone groups is 1. The summed E-state index contributed by atoms with van der Waals surface area (Å²) in [6.45, 7) is 0.247. The van der Waals surface area contributed by atoms with Crippen molar-refractivity contribution >= 4 is 15.9 Å². The van der Waals surface area contributed by atoms with Crippen LogP contribution in [0.25, 0.3) is 0 Å². The SMILES string of the molecule is O=C(NCCc1ccc(C(F)(F)F)cc1)NC1CCS(=O)(=O)C1. The average molecular weight is 350 g/mol. The van der Waals surface area contributed by atoms with Gasteiger partial charge in [-0.3, -0.25) is 0 Å². The molecule has 0 bridgehead atoms. The number of carbonyl (C=O) groups is 1. The smallest absolute Gasteiger partial charge is 0.338 e. The van der Waals surface area contributed by atoms with Gasteiger partial charge in [0.1, 0.15) is 0 Å². The molecule has 23 heavy (non-hydrogen) atoms. The van der Waals surface area contributed by atoms with Crippen molar-refractivity contribution in [1.29, 1.82) is 0 Å². The summed E-state index contributed by atoms with van der Waals surface area (Å²) in [6.07, 6.45) is -3.58. The minimum atomic E-state index is -4.36. The van der Waals surface area contributed by atoms with Gasteiger partial charge < -0.3 is 10.6 Å². The Balaban J connectivity index is 1.73. The summed E-state index contributed by atoms with van der Waals surface area (Å²) in [7, 11) is -3.06. The van der Waals surface area contributed by atoms with Gasteiger partial charge in [0.25, 0.3) is 0 Å². The lowest BCUT2D eigenvalue weighted by molar-refractivity contribution is -0.137. The second-order valence-corrected chi connectivity index (χ2v) is 7.67. The molecule has 0 spiro atoms. The topological polar surface area (TPSA) is 75.3 Å². The number of amides is 2. The molecular formula is C14H17F3N2O3S. The Labute approximate surface area is 132 Å². The minimum Gasteiger partial charge on any atom is -0.338 e. The summed E-state index contributed by atoms with van der Waals surface area (Å²) < 4.78 is 59.8.